The van der Waals surface area contributed by atoms with E-state index < -0.39 is 0 Å². The van der Waals surface area contributed by atoms with Gasteiger partial charge in [-0.2, -0.15) is 0 Å². The number of anilines is 2. The lowest BCUT2D eigenvalue weighted by Crippen LogP contribution is -2.47. The number of nitrogens with zero attached hydrogens (tertiary/aromatic N) is 4. The van der Waals surface area contributed by atoms with E-state index in [1.54, 1.807) is 22.9 Å². The number of aromatic nitrogens is 1. The molecule has 0 atom stereocenters. The summed E-state index contributed by atoms with van der Waals surface area (Å²) >= 11 is 3.02. The van der Waals surface area contributed by atoms with Gasteiger partial charge >= 0.3 is 0 Å². The fraction of sp³-hybridized carbons (Fsp3) is 0.400. The topological polar surface area (TPSA) is 59.9 Å². The first-order valence-electron chi connectivity index (χ1n) is 9.50. The number of thioether (sulfide) groups is 1. The van der Waals surface area contributed by atoms with E-state index in [0.717, 1.165) is 66.3 Å². The highest BCUT2D eigenvalue weighted by atomic mass is 32.2. The summed E-state index contributed by atoms with van der Waals surface area (Å²) in [5.41, 5.74) is 0.911. The van der Waals surface area contributed by atoms with Gasteiger partial charge in [0.15, 0.2) is 5.82 Å². The van der Waals surface area contributed by atoms with E-state index in [-0.39, 0.29) is 11.8 Å². The van der Waals surface area contributed by atoms with Crippen molar-refractivity contribution in [3.63, 3.8) is 0 Å². The molecule has 3 heterocycles. The summed E-state index contributed by atoms with van der Waals surface area (Å²) in [6.07, 6.45) is 1.74. The Morgan fingerprint density at radius 2 is 1.75 bits per heavy atom. The molecule has 148 valence electrons. The number of aliphatic hydroxyl groups is 1. The van der Waals surface area contributed by atoms with Gasteiger partial charge in [-0.25, -0.2) is 4.98 Å². The number of piperazine rings is 1. The number of rotatable bonds is 5. The Labute approximate surface area is 173 Å². The molecule has 8 heteroatoms. The van der Waals surface area contributed by atoms with Crippen LogP contribution in [0.25, 0.3) is 0 Å². The molecule has 0 saturated carbocycles. The molecule has 0 spiro atoms. The fourth-order valence-electron chi connectivity index (χ4n) is 3.48. The van der Waals surface area contributed by atoms with Crippen LogP contribution in [0.15, 0.2) is 52.4 Å². The van der Waals surface area contributed by atoms with E-state index in [4.69, 9.17) is 5.11 Å². The van der Waals surface area contributed by atoms with E-state index in [1.807, 2.05) is 36.4 Å². The molecule has 1 fully saturated rings. The number of para-hydroxylation sites is 1. The predicted octanol–water partition coefficient (Wildman–Crippen LogP) is 3.15. The second-order valence-corrected chi connectivity index (χ2v) is 8.88. The molecular weight excluding hydrogens is 392 g/mol. The number of benzene rings is 1. The van der Waals surface area contributed by atoms with Gasteiger partial charge in [0.2, 0.25) is 0 Å². The maximum absolute atomic E-state index is 13.1. The van der Waals surface area contributed by atoms with Crippen molar-refractivity contribution in [2.75, 3.05) is 56.5 Å². The van der Waals surface area contributed by atoms with Crippen molar-refractivity contribution in [3.05, 3.63) is 42.6 Å². The monoisotopic (exact) mass is 416 g/mol. The summed E-state index contributed by atoms with van der Waals surface area (Å²) < 4.78 is 0. The normalized spacial score (nSPS) is 17.2. The predicted molar refractivity (Wildman–Crippen MR) is 115 cm³/mol. The molecule has 1 aromatic heterocycles. The van der Waals surface area contributed by atoms with Crippen LogP contribution in [-0.4, -0.2) is 76.8 Å². The lowest BCUT2D eigenvalue weighted by Gasteiger charge is -2.34. The Balaban J connectivity index is 1.38. The van der Waals surface area contributed by atoms with Crippen molar-refractivity contribution in [1.29, 1.82) is 0 Å². The van der Waals surface area contributed by atoms with Crippen LogP contribution in [0, 0.1) is 0 Å². The third-order valence-corrected chi connectivity index (χ3v) is 6.91. The molecule has 6 nitrogen and oxygen atoms in total. The number of hydrogen-bond acceptors (Lipinski definition) is 7. The first kappa shape index (κ1) is 19.7. The van der Waals surface area contributed by atoms with Gasteiger partial charge in [-0.15, -0.1) is 0 Å². The number of hydrogen-bond donors (Lipinski definition) is 1. The lowest BCUT2D eigenvalue weighted by molar-refractivity contribution is 0.117. The third-order valence-electron chi connectivity index (χ3n) is 4.99. The molecule has 0 unspecified atom stereocenters. The molecule has 1 N–H and O–H groups in total. The van der Waals surface area contributed by atoms with Crippen LogP contribution in [0.3, 0.4) is 0 Å². The smallest absolute Gasteiger partial charge is 0.291 e. The zero-order valence-corrected chi connectivity index (χ0v) is 17.3. The van der Waals surface area contributed by atoms with Crippen LogP contribution in [-0.2, 0) is 0 Å². The summed E-state index contributed by atoms with van der Waals surface area (Å²) in [7, 11) is 0. The van der Waals surface area contributed by atoms with Gasteiger partial charge in [-0.3, -0.25) is 19.5 Å². The van der Waals surface area contributed by atoms with E-state index in [0.29, 0.717) is 0 Å². The van der Waals surface area contributed by atoms with Crippen LogP contribution in [0.1, 0.15) is 0 Å². The van der Waals surface area contributed by atoms with Crippen molar-refractivity contribution in [3.8, 4) is 0 Å². The molecule has 28 heavy (non-hydrogen) atoms. The van der Waals surface area contributed by atoms with Gasteiger partial charge in [0.05, 0.1) is 17.2 Å². The summed E-state index contributed by atoms with van der Waals surface area (Å²) in [6, 6.07) is 11.9. The Kier molecular flexibility index (Phi) is 6.54. The van der Waals surface area contributed by atoms with Crippen LogP contribution < -0.4 is 4.90 Å². The minimum Gasteiger partial charge on any atom is -0.395 e. The number of pyridine rings is 1. The Morgan fingerprint density at radius 1 is 1.04 bits per heavy atom. The molecule has 0 aliphatic carbocycles. The largest absolute Gasteiger partial charge is 0.395 e. The molecule has 1 aromatic carbocycles. The van der Waals surface area contributed by atoms with Crippen LogP contribution >= 0.6 is 23.5 Å². The van der Waals surface area contributed by atoms with Gasteiger partial charge < -0.3 is 5.11 Å². The molecule has 2 aliphatic rings. The summed E-state index contributed by atoms with van der Waals surface area (Å²) in [5.74, 6) is 1.48. The number of fused-ring (bicyclic) bond motifs is 2. The van der Waals surface area contributed by atoms with Gasteiger partial charge in [-0.1, -0.05) is 35.7 Å². The zero-order valence-electron chi connectivity index (χ0n) is 15.7. The first-order valence-corrected chi connectivity index (χ1v) is 11.3. The Morgan fingerprint density at radius 3 is 2.54 bits per heavy atom. The van der Waals surface area contributed by atoms with Gasteiger partial charge in [0.1, 0.15) is 0 Å². The molecule has 0 radical (unpaired) electrons. The van der Waals surface area contributed by atoms with Crippen molar-refractivity contribution >= 4 is 40.3 Å². The molecule has 1 saturated heterocycles. The number of β-amino-alcohol motifs (C(OH)–C–C–N with tert-alkyl or cyclic N) is 1. The van der Waals surface area contributed by atoms with E-state index in [2.05, 4.69) is 14.8 Å². The highest BCUT2D eigenvalue weighted by Gasteiger charge is 2.29. The highest BCUT2D eigenvalue weighted by molar-refractivity contribution is 8.14. The van der Waals surface area contributed by atoms with Gasteiger partial charge in [-0.05, 0) is 24.3 Å². The van der Waals surface area contributed by atoms with Crippen LogP contribution in [0.2, 0.25) is 0 Å². The second-order valence-electron chi connectivity index (χ2n) is 6.75. The van der Waals surface area contributed by atoms with Crippen LogP contribution in [0.5, 0.6) is 0 Å². The van der Waals surface area contributed by atoms with E-state index in [1.165, 1.54) is 11.8 Å². The SMILES string of the molecule is O=C(SCCN1CCN(CCO)CC1)N1c2ccccc2Sc2cccnc21. The van der Waals surface area contributed by atoms with E-state index in [9.17, 15) is 4.79 Å². The number of aliphatic hydroxyl groups excluding tert-OH is 1. The van der Waals surface area contributed by atoms with Gasteiger partial charge in [0.25, 0.3) is 5.24 Å². The second kappa shape index (κ2) is 9.28. The summed E-state index contributed by atoms with van der Waals surface area (Å²) in [5, 5.41) is 9.06. The van der Waals surface area contributed by atoms with Crippen molar-refractivity contribution in [2.45, 2.75) is 9.79 Å². The molecule has 4 rings (SSSR count). The van der Waals surface area contributed by atoms with Crippen molar-refractivity contribution < 1.29 is 9.90 Å². The molecule has 1 amide bonds. The van der Waals surface area contributed by atoms with Crippen molar-refractivity contribution in [1.82, 2.24) is 14.8 Å². The number of carbonyl (C=O) groups excluding carboxylic acids is 1. The third kappa shape index (κ3) is 4.36. The Bertz CT molecular complexity index is 782. The maximum Gasteiger partial charge on any atom is 0.291 e. The van der Waals surface area contributed by atoms with Crippen molar-refractivity contribution in [2.24, 2.45) is 0 Å². The number of amides is 1. The quantitative estimate of drug-likeness (QED) is 0.803. The van der Waals surface area contributed by atoms with E-state index >= 15 is 0 Å². The molecule has 0 bridgehead atoms. The average molecular weight is 417 g/mol. The Hall–Kier alpha value is -1.58. The molecule has 2 aliphatic heterocycles. The minimum absolute atomic E-state index is 0.0200. The molecule has 2 aromatic rings. The maximum atomic E-state index is 13.1. The summed E-state index contributed by atoms with van der Waals surface area (Å²) in [4.78, 5) is 26.1. The lowest BCUT2D eigenvalue weighted by atomic mass is 10.3. The number of carbonyl (C=O) groups is 1. The van der Waals surface area contributed by atoms with Gasteiger partial charge in [0, 0.05) is 56.1 Å². The molecular formula is C20H24N4O2S2. The zero-order chi connectivity index (χ0) is 19.3. The average Bonchev–Trinajstić information content (AvgIpc) is 2.73. The minimum atomic E-state index is 0.0200. The highest BCUT2D eigenvalue weighted by Crippen LogP contribution is 2.47. The summed E-state index contributed by atoms with van der Waals surface area (Å²) in [6.45, 7) is 5.79. The van der Waals surface area contributed by atoms with Crippen LogP contribution in [0.4, 0.5) is 16.3 Å². The standard InChI is InChI=1S/C20H24N4O2S2/c25-14-12-22-8-10-23(11-9-22)13-15-27-20(26)24-16-4-1-2-5-17(16)28-18-6-3-7-21-19(18)24/h1-7,25H,8-15H2. The fourth-order valence-corrected chi connectivity index (χ4v) is 5.35. The first-order chi connectivity index (χ1) is 13.8.